The molecule has 0 saturated carbocycles. The van der Waals surface area contributed by atoms with Crippen LogP contribution in [0.15, 0.2) is 47.5 Å². The quantitative estimate of drug-likeness (QED) is 0.263. The van der Waals surface area contributed by atoms with Crippen LogP contribution in [0.5, 0.6) is 0 Å². The van der Waals surface area contributed by atoms with Gasteiger partial charge in [0.15, 0.2) is 5.96 Å². The van der Waals surface area contributed by atoms with Gasteiger partial charge >= 0.3 is 0 Å². The zero-order valence-corrected chi connectivity index (χ0v) is 17.2. The number of carbonyl (C=O) groups is 1. The largest absolute Gasteiger partial charge is 0.370 e. The van der Waals surface area contributed by atoms with Crippen molar-refractivity contribution >= 4 is 41.5 Å². The van der Waals surface area contributed by atoms with Crippen molar-refractivity contribution in [3.8, 4) is 0 Å². The molecule has 0 saturated heterocycles. The van der Waals surface area contributed by atoms with Crippen molar-refractivity contribution in [2.24, 2.45) is 10.7 Å². The molecule has 2 rings (SSSR count). The number of aryl methyl sites for hydroxylation is 2. The van der Waals surface area contributed by atoms with Crippen molar-refractivity contribution < 1.29 is 9.18 Å². The summed E-state index contributed by atoms with van der Waals surface area (Å²) in [7, 11) is 0. The Labute approximate surface area is 170 Å². The smallest absolute Gasteiger partial charge is 0.224 e. The van der Waals surface area contributed by atoms with Crippen molar-refractivity contribution in [1.29, 1.82) is 0 Å². The van der Waals surface area contributed by atoms with Gasteiger partial charge in [-0.05, 0) is 54.8 Å². The lowest BCUT2D eigenvalue weighted by Crippen LogP contribution is -2.29. The molecule has 0 spiro atoms. The number of aliphatic imine (C=N–C) groups is 1. The third-order valence-electron chi connectivity index (χ3n) is 3.77. The van der Waals surface area contributed by atoms with Gasteiger partial charge in [-0.1, -0.05) is 18.2 Å². The Bertz CT molecular complexity index is 763. The average Bonchev–Trinajstić information content (AvgIpc) is 2.57. The summed E-state index contributed by atoms with van der Waals surface area (Å²) in [5.41, 5.74) is 9.87. The van der Waals surface area contributed by atoms with Gasteiger partial charge in [-0.3, -0.25) is 9.79 Å². The predicted octanol–water partition coefficient (Wildman–Crippen LogP) is 3.15. The molecule has 26 heavy (non-hydrogen) atoms. The summed E-state index contributed by atoms with van der Waals surface area (Å²) in [4.78, 5) is 16.0. The van der Waals surface area contributed by atoms with E-state index in [1.54, 1.807) is 12.1 Å². The van der Waals surface area contributed by atoms with Crippen molar-refractivity contribution in [1.82, 2.24) is 5.32 Å². The maximum atomic E-state index is 12.8. The summed E-state index contributed by atoms with van der Waals surface area (Å²) in [5.74, 6) is -0.149. The summed E-state index contributed by atoms with van der Waals surface area (Å²) in [5, 5.41) is 5.78. The molecule has 0 bridgehead atoms. The first-order valence-corrected chi connectivity index (χ1v) is 8.09. The third-order valence-corrected chi connectivity index (χ3v) is 3.77. The molecule has 0 aliphatic heterocycles. The first-order chi connectivity index (χ1) is 11.9. The van der Waals surface area contributed by atoms with Crippen molar-refractivity contribution in [3.05, 3.63) is 65.0 Å². The van der Waals surface area contributed by atoms with Crippen LogP contribution in [0.2, 0.25) is 0 Å². The minimum absolute atomic E-state index is 0. The summed E-state index contributed by atoms with van der Waals surface area (Å²) >= 11 is 0. The molecule has 2 aromatic carbocycles. The van der Waals surface area contributed by atoms with Crippen LogP contribution in [0.1, 0.15) is 16.7 Å². The second-order valence-corrected chi connectivity index (χ2v) is 5.84. The molecule has 0 radical (unpaired) electrons. The van der Waals surface area contributed by atoms with Gasteiger partial charge in [-0.25, -0.2) is 4.39 Å². The van der Waals surface area contributed by atoms with Gasteiger partial charge < -0.3 is 16.4 Å². The number of carbonyl (C=O) groups excluding carboxylic acids is 1. The lowest BCUT2D eigenvalue weighted by Gasteiger charge is -2.08. The number of benzene rings is 2. The Morgan fingerprint density at radius 2 is 1.81 bits per heavy atom. The predicted molar refractivity (Wildman–Crippen MR) is 115 cm³/mol. The Hall–Kier alpha value is -2.16. The van der Waals surface area contributed by atoms with E-state index in [2.05, 4.69) is 15.6 Å². The van der Waals surface area contributed by atoms with Crippen LogP contribution in [0.4, 0.5) is 10.1 Å². The summed E-state index contributed by atoms with van der Waals surface area (Å²) in [6, 6.07) is 11.8. The van der Waals surface area contributed by atoms with Gasteiger partial charge in [0.1, 0.15) is 5.82 Å². The number of nitrogens with one attached hydrogen (secondary N) is 2. The van der Waals surface area contributed by atoms with Crippen LogP contribution in [0.3, 0.4) is 0 Å². The number of anilines is 1. The molecule has 0 aromatic heterocycles. The summed E-state index contributed by atoms with van der Waals surface area (Å²) in [6.07, 6.45) is 0.209. The highest BCUT2D eigenvalue weighted by atomic mass is 127. The first kappa shape index (κ1) is 21.9. The molecule has 0 aliphatic carbocycles. The van der Waals surface area contributed by atoms with Gasteiger partial charge in [0.2, 0.25) is 5.91 Å². The van der Waals surface area contributed by atoms with E-state index < -0.39 is 0 Å². The maximum absolute atomic E-state index is 12.8. The second-order valence-electron chi connectivity index (χ2n) is 5.84. The van der Waals surface area contributed by atoms with Gasteiger partial charge in [0.25, 0.3) is 0 Å². The van der Waals surface area contributed by atoms with E-state index in [-0.39, 0.29) is 42.1 Å². The highest BCUT2D eigenvalue weighted by Gasteiger charge is 2.03. The summed E-state index contributed by atoms with van der Waals surface area (Å²) < 4.78 is 12.8. The van der Waals surface area contributed by atoms with E-state index in [9.17, 15) is 9.18 Å². The van der Waals surface area contributed by atoms with Gasteiger partial charge in [-0.15, -0.1) is 24.0 Å². The van der Waals surface area contributed by atoms with E-state index >= 15 is 0 Å². The number of guanidine groups is 1. The van der Waals surface area contributed by atoms with Gasteiger partial charge in [-0.2, -0.15) is 0 Å². The second kappa shape index (κ2) is 10.7. The zero-order chi connectivity index (χ0) is 18.2. The third kappa shape index (κ3) is 7.38. The van der Waals surface area contributed by atoms with E-state index in [1.807, 2.05) is 32.0 Å². The van der Waals surface area contributed by atoms with Crippen LogP contribution in [0, 0.1) is 19.7 Å². The summed E-state index contributed by atoms with van der Waals surface area (Å²) in [6.45, 7) is 4.84. The number of hydrogen-bond acceptors (Lipinski definition) is 2. The first-order valence-electron chi connectivity index (χ1n) is 8.09. The van der Waals surface area contributed by atoms with Crippen LogP contribution in [0.25, 0.3) is 0 Å². The molecule has 5 nitrogen and oxygen atoms in total. The molecule has 1 amide bonds. The minimum atomic E-state index is -0.315. The number of amides is 1. The Morgan fingerprint density at radius 3 is 2.46 bits per heavy atom. The highest BCUT2D eigenvalue weighted by Crippen LogP contribution is 2.13. The molecule has 2 aromatic rings. The SMILES string of the molecule is Cc1ccc(NC(N)=NCCNC(=O)Cc2ccc(F)cc2)cc1C.I. The average molecular weight is 470 g/mol. The topological polar surface area (TPSA) is 79.5 Å². The van der Waals surface area contributed by atoms with Gasteiger partial charge in [0, 0.05) is 12.2 Å². The van der Waals surface area contributed by atoms with E-state index in [0.29, 0.717) is 19.0 Å². The number of hydrogen-bond donors (Lipinski definition) is 3. The van der Waals surface area contributed by atoms with Gasteiger partial charge in [0.05, 0.1) is 13.0 Å². The number of rotatable bonds is 6. The fraction of sp³-hybridized carbons (Fsp3) is 0.263. The lowest BCUT2D eigenvalue weighted by molar-refractivity contribution is -0.120. The lowest BCUT2D eigenvalue weighted by atomic mass is 10.1. The standard InChI is InChI=1S/C19H23FN4O.HI/c1-13-3-8-17(11-14(13)2)24-19(21)23-10-9-22-18(25)12-15-4-6-16(20)7-5-15;/h3-8,11H,9-10,12H2,1-2H3,(H,22,25)(H3,21,23,24);1H. The van der Waals surface area contributed by atoms with Crippen molar-refractivity contribution in [3.63, 3.8) is 0 Å². The van der Waals surface area contributed by atoms with E-state index in [4.69, 9.17) is 5.73 Å². The van der Waals surface area contributed by atoms with Crippen LogP contribution < -0.4 is 16.4 Å². The van der Waals surface area contributed by atoms with Crippen LogP contribution in [-0.2, 0) is 11.2 Å². The molecule has 0 heterocycles. The Kier molecular flexibility index (Phi) is 9.04. The van der Waals surface area contributed by atoms with E-state index in [0.717, 1.165) is 11.3 Å². The molecule has 7 heteroatoms. The molecular formula is C19H24FIN4O. The molecule has 140 valence electrons. The highest BCUT2D eigenvalue weighted by molar-refractivity contribution is 14.0. The fourth-order valence-corrected chi connectivity index (χ4v) is 2.23. The van der Waals surface area contributed by atoms with Crippen LogP contribution >= 0.6 is 24.0 Å². The van der Waals surface area contributed by atoms with Crippen LogP contribution in [-0.4, -0.2) is 25.0 Å². The Balaban J connectivity index is 0.00000338. The van der Waals surface area contributed by atoms with Crippen molar-refractivity contribution in [2.75, 3.05) is 18.4 Å². The van der Waals surface area contributed by atoms with E-state index in [1.165, 1.54) is 23.3 Å². The number of nitrogens with zero attached hydrogens (tertiary/aromatic N) is 1. The minimum Gasteiger partial charge on any atom is -0.370 e. The number of halogens is 2. The van der Waals surface area contributed by atoms with Crippen molar-refractivity contribution in [2.45, 2.75) is 20.3 Å². The monoisotopic (exact) mass is 470 g/mol. The Morgan fingerprint density at radius 1 is 1.12 bits per heavy atom. The molecular weight excluding hydrogens is 446 g/mol. The molecule has 0 atom stereocenters. The molecule has 4 N–H and O–H groups in total. The zero-order valence-electron chi connectivity index (χ0n) is 14.9. The number of nitrogens with two attached hydrogens (primary N) is 1. The normalized spacial score (nSPS) is 10.8. The fourth-order valence-electron chi connectivity index (χ4n) is 2.23. The maximum Gasteiger partial charge on any atom is 0.224 e. The molecule has 0 unspecified atom stereocenters. The molecule has 0 aliphatic rings. The molecule has 0 fully saturated rings.